The molecule has 0 unspecified atom stereocenters. The van der Waals surface area contributed by atoms with Crippen molar-refractivity contribution in [3.8, 4) is 0 Å². The van der Waals surface area contributed by atoms with Gasteiger partial charge in [-0.2, -0.15) is 0 Å². The standard InChI is InChI=1S/C19H24BrClNO3P/c1-3-13-24-26(23,25-14-4-2)19(15-5-9-17(21)10-6-15)22-18-11-7-16(20)8-12-18/h5-12,19,22H,3-4,13-14H2,1-2H3/t19-/m0/s1. The Bertz CT molecular complexity index is 713. The van der Waals surface area contributed by atoms with E-state index in [1.165, 1.54) is 0 Å². The van der Waals surface area contributed by atoms with Gasteiger partial charge >= 0.3 is 7.60 Å². The molecular weight excluding hydrogens is 437 g/mol. The molecule has 2 aromatic carbocycles. The lowest BCUT2D eigenvalue weighted by Crippen LogP contribution is -2.16. The first-order valence-corrected chi connectivity index (χ1v) is 11.4. The molecule has 7 heteroatoms. The van der Waals surface area contributed by atoms with Crippen molar-refractivity contribution in [1.82, 2.24) is 0 Å². The van der Waals surface area contributed by atoms with Crippen LogP contribution in [-0.4, -0.2) is 13.2 Å². The van der Waals surface area contributed by atoms with Gasteiger partial charge in [0, 0.05) is 15.2 Å². The second-order valence-corrected chi connectivity index (χ2v) is 9.28. The summed E-state index contributed by atoms with van der Waals surface area (Å²) in [5.41, 5.74) is 1.63. The summed E-state index contributed by atoms with van der Waals surface area (Å²) >= 11 is 9.44. The van der Waals surface area contributed by atoms with Crippen molar-refractivity contribution in [2.24, 2.45) is 0 Å². The van der Waals surface area contributed by atoms with E-state index in [1.807, 2.05) is 50.2 Å². The summed E-state index contributed by atoms with van der Waals surface area (Å²) in [7, 11) is -3.44. The lowest BCUT2D eigenvalue weighted by Gasteiger charge is -2.29. The fourth-order valence-electron chi connectivity index (χ4n) is 2.32. The molecule has 0 fully saturated rings. The molecule has 0 saturated heterocycles. The molecule has 0 amide bonds. The van der Waals surface area contributed by atoms with Crippen LogP contribution >= 0.6 is 35.1 Å². The van der Waals surface area contributed by atoms with Crippen molar-refractivity contribution >= 4 is 40.8 Å². The highest BCUT2D eigenvalue weighted by molar-refractivity contribution is 9.10. The summed E-state index contributed by atoms with van der Waals surface area (Å²) in [6, 6.07) is 14.9. The fourth-order valence-corrected chi connectivity index (χ4v) is 4.80. The van der Waals surface area contributed by atoms with Crippen LogP contribution in [0.3, 0.4) is 0 Å². The van der Waals surface area contributed by atoms with Crippen LogP contribution in [0.15, 0.2) is 53.0 Å². The number of hydrogen-bond donors (Lipinski definition) is 1. The van der Waals surface area contributed by atoms with Gasteiger partial charge in [0.25, 0.3) is 0 Å². The Morgan fingerprint density at radius 3 is 2.04 bits per heavy atom. The molecular formula is C19H24BrClNO3P. The van der Waals surface area contributed by atoms with E-state index in [9.17, 15) is 4.57 Å². The van der Waals surface area contributed by atoms with Crippen LogP contribution in [0.2, 0.25) is 5.02 Å². The lowest BCUT2D eigenvalue weighted by atomic mass is 10.2. The highest BCUT2D eigenvalue weighted by atomic mass is 79.9. The van der Waals surface area contributed by atoms with Gasteiger partial charge < -0.3 is 14.4 Å². The Kier molecular flexibility index (Phi) is 8.65. The van der Waals surface area contributed by atoms with Gasteiger partial charge in [-0.3, -0.25) is 4.57 Å². The van der Waals surface area contributed by atoms with Crippen LogP contribution < -0.4 is 5.32 Å². The number of hydrogen-bond acceptors (Lipinski definition) is 4. The Morgan fingerprint density at radius 1 is 1.00 bits per heavy atom. The van der Waals surface area contributed by atoms with Crippen molar-refractivity contribution in [3.05, 3.63) is 63.6 Å². The molecule has 0 radical (unpaired) electrons. The van der Waals surface area contributed by atoms with Gasteiger partial charge in [-0.1, -0.05) is 53.5 Å². The first-order valence-electron chi connectivity index (χ1n) is 8.65. The summed E-state index contributed by atoms with van der Waals surface area (Å²) < 4.78 is 26.1. The number of benzene rings is 2. The summed E-state index contributed by atoms with van der Waals surface area (Å²) in [6.45, 7) is 4.69. The molecule has 1 atom stereocenters. The summed E-state index contributed by atoms with van der Waals surface area (Å²) in [6.07, 6.45) is 1.51. The molecule has 4 nitrogen and oxygen atoms in total. The average molecular weight is 461 g/mol. The molecule has 0 aromatic heterocycles. The van der Waals surface area contributed by atoms with Gasteiger partial charge in [0.1, 0.15) is 0 Å². The van der Waals surface area contributed by atoms with Crippen LogP contribution in [-0.2, 0) is 13.6 Å². The third kappa shape index (κ3) is 6.11. The average Bonchev–Trinajstić information content (AvgIpc) is 2.65. The molecule has 0 aliphatic carbocycles. The molecule has 142 valence electrons. The molecule has 0 heterocycles. The normalized spacial score (nSPS) is 12.8. The minimum atomic E-state index is -3.44. The van der Waals surface area contributed by atoms with Crippen LogP contribution in [0, 0.1) is 0 Å². The number of rotatable bonds is 10. The van der Waals surface area contributed by atoms with Gasteiger partial charge in [0.05, 0.1) is 13.2 Å². The molecule has 2 rings (SSSR count). The first kappa shape index (κ1) is 21.5. The van der Waals surface area contributed by atoms with Gasteiger partial charge in [-0.15, -0.1) is 0 Å². The largest absolute Gasteiger partial charge is 0.368 e. The van der Waals surface area contributed by atoms with Crippen LogP contribution in [0.4, 0.5) is 5.69 Å². The maximum Gasteiger partial charge on any atom is 0.357 e. The molecule has 0 spiro atoms. The van der Waals surface area contributed by atoms with Crippen LogP contribution in [0.1, 0.15) is 38.0 Å². The predicted octanol–water partition coefficient (Wildman–Crippen LogP) is 7.26. The number of nitrogens with one attached hydrogen (secondary N) is 1. The maximum atomic E-state index is 13.6. The first-order chi connectivity index (χ1) is 12.5. The van der Waals surface area contributed by atoms with Crippen molar-refractivity contribution in [2.45, 2.75) is 32.5 Å². The maximum absolute atomic E-state index is 13.6. The van der Waals surface area contributed by atoms with E-state index >= 15 is 0 Å². The van der Waals surface area contributed by atoms with Crippen LogP contribution in [0.25, 0.3) is 0 Å². The third-order valence-corrected chi connectivity index (χ3v) is 6.53. The monoisotopic (exact) mass is 459 g/mol. The topological polar surface area (TPSA) is 47.6 Å². The van der Waals surface area contributed by atoms with Gasteiger partial charge in [-0.25, -0.2) is 0 Å². The molecule has 26 heavy (non-hydrogen) atoms. The Hall–Kier alpha value is -0.840. The lowest BCUT2D eigenvalue weighted by molar-refractivity contribution is 0.199. The van der Waals surface area contributed by atoms with E-state index in [0.717, 1.165) is 28.6 Å². The third-order valence-electron chi connectivity index (χ3n) is 3.60. The van der Waals surface area contributed by atoms with E-state index in [2.05, 4.69) is 21.2 Å². The molecule has 1 N–H and O–H groups in total. The summed E-state index contributed by atoms with van der Waals surface area (Å²) in [4.78, 5) is 0. The van der Waals surface area contributed by atoms with E-state index < -0.39 is 13.4 Å². The van der Waals surface area contributed by atoms with E-state index in [4.69, 9.17) is 20.6 Å². The van der Waals surface area contributed by atoms with Crippen molar-refractivity contribution in [3.63, 3.8) is 0 Å². The smallest absolute Gasteiger partial charge is 0.357 e. The van der Waals surface area contributed by atoms with Crippen molar-refractivity contribution in [2.75, 3.05) is 18.5 Å². The Balaban J connectivity index is 2.39. The molecule has 2 aromatic rings. The molecule has 0 aliphatic rings. The zero-order valence-electron chi connectivity index (χ0n) is 15.0. The number of anilines is 1. The summed E-state index contributed by atoms with van der Waals surface area (Å²) in [5.74, 6) is -0.626. The second kappa shape index (κ2) is 10.5. The Labute approximate surface area is 168 Å². The summed E-state index contributed by atoms with van der Waals surface area (Å²) in [5, 5.41) is 3.94. The van der Waals surface area contributed by atoms with Crippen molar-refractivity contribution < 1.29 is 13.6 Å². The highest BCUT2D eigenvalue weighted by Crippen LogP contribution is 2.61. The highest BCUT2D eigenvalue weighted by Gasteiger charge is 2.37. The van der Waals surface area contributed by atoms with E-state index in [0.29, 0.717) is 18.2 Å². The minimum Gasteiger partial charge on any atom is -0.368 e. The molecule has 0 aliphatic heterocycles. The SMILES string of the molecule is CCCOP(=O)(OCCC)[C@H](Nc1ccc(Br)cc1)c1ccc(Cl)cc1. The predicted molar refractivity (Wildman–Crippen MR) is 112 cm³/mol. The van der Waals surface area contributed by atoms with Gasteiger partial charge in [0.15, 0.2) is 5.78 Å². The second-order valence-electron chi connectivity index (χ2n) is 5.81. The van der Waals surface area contributed by atoms with Gasteiger partial charge in [0.2, 0.25) is 0 Å². The van der Waals surface area contributed by atoms with Gasteiger partial charge in [-0.05, 0) is 54.8 Å². The van der Waals surface area contributed by atoms with E-state index in [-0.39, 0.29) is 0 Å². The van der Waals surface area contributed by atoms with E-state index in [1.54, 1.807) is 12.1 Å². The Morgan fingerprint density at radius 2 is 1.54 bits per heavy atom. The van der Waals surface area contributed by atoms with Crippen molar-refractivity contribution in [1.29, 1.82) is 0 Å². The number of halogens is 2. The van der Waals surface area contributed by atoms with Crippen LogP contribution in [0.5, 0.6) is 0 Å². The quantitative estimate of drug-likeness (QED) is 0.379. The molecule has 0 bridgehead atoms. The zero-order valence-corrected chi connectivity index (χ0v) is 18.2. The fraction of sp³-hybridized carbons (Fsp3) is 0.368. The molecule has 0 saturated carbocycles. The zero-order chi connectivity index (χ0) is 19.0. The minimum absolute atomic E-state index is 0.368.